The molecule has 0 amide bonds. The number of hydrogen-bond donors (Lipinski definition) is 0. The van der Waals surface area contributed by atoms with Crippen molar-refractivity contribution in [2.45, 2.75) is 12.5 Å². The van der Waals surface area contributed by atoms with Crippen LogP contribution < -0.4 is 0 Å². The van der Waals surface area contributed by atoms with Gasteiger partial charge in [-0.25, -0.2) is 0 Å². The molecule has 104 valence electrons. The molecule has 0 unspecified atom stereocenters. The minimum absolute atomic E-state index is 0.589. The molecule has 0 aromatic heterocycles. The lowest BCUT2D eigenvalue weighted by Crippen LogP contribution is -2.11. The molecular weight excluding hydrogens is 283 g/mol. The van der Waals surface area contributed by atoms with Gasteiger partial charge in [0.1, 0.15) is 0 Å². The Morgan fingerprint density at radius 1 is 0.765 bits per heavy atom. The lowest BCUT2D eigenvalue weighted by Gasteiger charge is -2.06. The molecule has 0 saturated carbocycles. The van der Waals surface area contributed by atoms with Gasteiger partial charge in [0.05, 0.1) is 39.6 Å². The number of methoxy groups -OCH3 is 1. The number of rotatable bonds is 13. The molecule has 17 heavy (non-hydrogen) atoms. The zero-order valence-electron chi connectivity index (χ0n) is 10.3. The third kappa shape index (κ3) is 16.6. The summed E-state index contributed by atoms with van der Waals surface area (Å²) in [5.74, 6) is 0. The van der Waals surface area contributed by atoms with Gasteiger partial charge in [0.15, 0.2) is 0 Å². The van der Waals surface area contributed by atoms with Crippen molar-refractivity contribution in [2.24, 2.45) is 0 Å². The second-order valence-electron chi connectivity index (χ2n) is 3.36. The largest absolute Gasteiger partial charge is 0.382 e. The Morgan fingerprint density at radius 2 is 1.24 bits per heavy atom. The van der Waals surface area contributed by atoms with Gasteiger partial charge >= 0.3 is 0 Å². The number of hydrogen-bond acceptors (Lipinski definition) is 4. The van der Waals surface area contributed by atoms with Gasteiger partial charge in [0.25, 0.3) is 0 Å². The molecule has 4 nitrogen and oxygen atoms in total. The Balaban J connectivity index is 2.89. The lowest BCUT2D eigenvalue weighted by atomic mass is 10.5. The normalized spacial score (nSPS) is 11.3. The van der Waals surface area contributed by atoms with E-state index in [4.69, 9.17) is 41.1 Å². The molecule has 0 heterocycles. The highest BCUT2D eigenvalue weighted by Crippen LogP contribution is 2.05. The van der Waals surface area contributed by atoms with Crippen LogP contribution in [0.4, 0.5) is 0 Å². The first-order chi connectivity index (χ1) is 8.27. The summed E-state index contributed by atoms with van der Waals surface area (Å²) in [5, 5.41) is 0. The second-order valence-corrected chi connectivity index (χ2v) is 8.55. The molecule has 7 heteroatoms. The highest BCUT2D eigenvalue weighted by atomic mass is 35.7. The van der Waals surface area contributed by atoms with Crippen LogP contribution in [0, 0.1) is 0 Å². The summed E-state index contributed by atoms with van der Waals surface area (Å²) in [5.41, 5.74) is 0. The van der Waals surface area contributed by atoms with Gasteiger partial charge in [-0.1, -0.05) is 0 Å². The maximum Gasteiger partial charge on any atom is 0.237 e. The Labute approximate surface area is 114 Å². The van der Waals surface area contributed by atoms with Gasteiger partial charge in [-0.2, -0.15) is 22.2 Å². The molecule has 0 spiro atoms. The summed E-state index contributed by atoms with van der Waals surface area (Å²) in [6.45, 7) is 4.31. The van der Waals surface area contributed by atoms with Gasteiger partial charge in [-0.05, 0) is 12.5 Å². The van der Waals surface area contributed by atoms with Crippen LogP contribution in [-0.4, -0.2) is 60.8 Å². The molecule has 0 bridgehead atoms. The first-order valence-electron chi connectivity index (χ1n) is 5.77. The van der Waals surface area contributed by atoms with E-state index in [0.29, 0.717) is 46.2 Å². The summed E-state index contributed by atoms with van der Waals surface area (Å²) >= 11 is 11.4. The zero-order chi connectivity index (χ0) is 12.8. The van der Waals surface area contributed by atoms with E-state index in [1.54, 1.807) is 7.11 Å². The molecule has 0 saturated heterocycles. The van der Waals surface area contributed by atoms with Gasteiger partial charge in [-0.3, -0.25) is 0 Å². The SMILES string of the molecule is COCCOCCOCCOCCC[SiH](Cl)Cl. The average molecular weight is 305 g/mol. The van der Waals surface area contributed by atoms with Crippen LogP contribution in [0.3, 0.4) is 0 Å². The van der Waals surface area contributed by atoms with Crippen molar-refractivity contribution in [3.63, 3.8) is 0 Å². The molecule has 0 aliphatic carbocycles. The predicted molar refractivity (Wildman–Crippen MR) is 72.6 cm³/mol. The summed E-state index contributed by atoms with van der Waals surface area (Å²) < 4.78 is 20.7. The van der Waals surface area contributed by atoms with E-state index in [1.165, 1.54) is 0 Å². The maximum atomic E-state index is 5.71. The van der Waals surface area contributed by atoms with Crippen LogP contribution in [0.1, 0.15) is 6.42 Å². The standard InChI is InChI=1S/C10H22Cl2O4Si/c1-13-4-5-15-8-9-16-7-6-14-3-2-10-17(11)12/h17H,2-10H2,1H3. The summed E-state index contributed by atoms with van der Waals surface area (Å²) in [7, 11) is 0.201. The van der Waals surface area contributed by atoms with Crippen LogP contribution in [0.5, 0.6) is 0 Å². The highest BCUT2D eigenvalue weighted by molar-refractivity contribution is 7.33. The predicted octanol–water partition coefficient (Wildman–Crippen LogP) is 1.77. The fourth-order valence-electron chi connectivity index (χ4n) is 1.02. The maximum absolute atomic E-state index is 5.71. The van der Waals surface area contributed by atoms with Crippen molar-refractivity contribution in [3.05, 3.63) is 0 Å². The fraction of sp³-hybridized carbons (Fsp3) is 1.00. The van der Waals surface area contributed by atoms with E-state index in [0.717, 1.165) is 12.5 Å². The van der Waals surface area contributed by atoms with Crippen LogP contribution in [0.25, 0.3) is 0 Å². The minimum Gasteiger partial charge on any atom is -0.382 e. The Kier molecular flexibility index (Phi) is 15.2. The fourth-order valence-corrected chi connectivity index (χ4v) is 2.42. The van der Waals surface area contributed by atoms with Crippen LogP contribution in [-0.2, 0) is 18.9 Å². The molecule has 0 atom stereocenters. The summed E-state index contributed by atoms with van der Waals surface area (Å²) in [6.07, 6.45) is 0.935. The van der Waals surface area contributed by atoms with Gasteiger partial charge in [0, 0.05) is 13.7 Å². The van der Waals surface area contributed by atoms with E-state index in [-0.39, 0.29) is 0 Å². The Hall–Kier alpha value is 0.637. The van der Waals surface area contributed by atoms with Gasteiger partial charge in [-0.15, -0.1) is 0 Å². The minimum atomic E-state index is -1.45. The zero-order valence-corrected chi connectivity index (χ0v) is 13.0. The van der Waals surface area contributed by atoms with Crippen LogP contribution in [0.15, 0.2) is 0 Å². The highest BCUT2D eigenvalue weighted by Gasteiger charge is 2.00. The smallest absolute Gasteiger partial charge is 0.237 e. The molecule has 0 aliphatic rings. The molecule has 0 aromatic carbocycles. The van der Waals surface area contributed by atoms with Crippen LogP contribution >= 0.6 is 22.2 Å². The van der Waals surface area contributed by atoms with Gasteiger partial charge in [0.2, 0.25) is 7.42 Å². The first kappa shape index (κ1) is 17.6. The van der Waals surface area contributed by atoms with E-state index < -0.39 is 7.42 Å². The lowest BCUT2D eigenvalue weighted by molar-refractivity contribution is 0.00378. The van der Waals surface area contributed by atoms with Crippen molar-refractivity contribution >= 4 is 29.6 Å². The number of ether oxygens (including phenoxy) is 4. The van der Waals surface area contributed by atoms with E-state index in [2.05, 4.69) is 0 Å². The van der Waals surface area contributed by atoms with Crippen LogP contribution in [0.2, 0.25) is 6.04 Å². The average Bonchev–Trinajstić information content (AvgIpc) is 2.30. The van der Waals surface area contributed by atoms with Crippen molar-refractivity contribution < 1.29 is 18.9 Å². The van der Waals surface area contributed by atoms with E-state index in [1.807, 2.05) is 0 Å². The molecule has 0 radical (unpaired) electrons. The second kappa shape index (κ2) is 14.7. The number of halogens is 2. The molecule has 0 aromatic rings. The van der Waals surface area contributed by atoms with Crippen molar-refractivity contribution in [2.75, 3.05) is 53.4 Å². The summed E-state index contributed by atoms with van der Waals surface area (Å²) in [6, 6.07) is 0.900. The molecule has 0 aliphatic heterocycles. The van der Waals surface area contributed by atoms with E-state index in [9.17, 15) is 0 Å². The third-order valence-electron chi connectivity index (χ3n) is 1.89. The Bertz CT molecular complexity index is 152. The third-order valence-corrected chi connectivity index (χ3v) is 4.04. The van der Waals surface area contributed by atoms with Gasteiger partial charge < -0.3 is 18.9 Å². The molecule has 0 N–H and O–H groups in total. The first-order valence-corrected chi connectivity index (χ1v) is 10.1. The summed E-state index contributed by atoms with van der Waals surface area (Å²) in [4.78, 5) is 0. The van der Waals surface area contributed by atoms with Crippen molar-refractivity contribution in [3.8, 4) is 0 Å². The topological polar surface area (TPSA) is 36.9 Å². The van der Waals surface area contributed by atoms with Crippen molar-refractivity contribution in [1.29, 1.82) is 0 Å². The van der Waals surface area contributed by atoms with Crippen molar-refractivity contribution in [1.82, 2.24) is 0 Å². The molecule has 0 fully saturated rings. The molecule has 0 rings (SSSR count). The van der Waals surface area contributed by atoms with E-state index >= 15 is 0 Å². The molecular formula is C10H22Cl2O4Si. The Morgan fingerprint density at radius 3 is 1.71 bits per heavy atom. The monoisotopic (exact) mass is 304 g/mol. The quantitative estimate of drug-likeness (QED) is 0.295.